The van der Waals surface area contributed by atoms with Crippen molar-refractivity contribution in [3.8, 4) is 22.6 Å². The third-order valence-electron chi connectivity index (χ3n) is 5.61. The van der Waals surface area contributed by atoms with E-state index in [0.717, 1.165) is 0 Å². The van der Waals surface area contributed by atoms with E-state index < -0.39 is 23.8 Å². The maximum absolute atomic E-state index is 12.5. The molecule has 10 heteroatoms. The minimum atomic E-state index is -1.11. The Morgan fingerprint density at radius 1 is 0.474 bits per heavy atom. The van der Waals surface area contributed by atoms with Gasteiger partial charge in [-0.05, 0) is 83.9 Å². The van der Waals surface area contributed by atoms with E-state index in [9.17, 15) is 29.4 Å². The summed E-state index contributed by atoms with van der Waals surface area (Å²) in [5.41, 5.74) is 1.78. The first-order valence-corrected chi connectivity index (χ1v) is 11.1. The van der Waals surface area contributed by atoms with Gasteiger partial charge < -0.3 is 31.1 Å². The van der Waals surface area contributed by atoms with Crippen molar-refractivity contribution in [1.82, 2.24) is 0 Å². The Hall–Kier alpha value is -5.64. The average Bonchev–Trinajstić information content (AvgIpc) is 2.91. The van der Waals surface area contributed by atoms with Crippen molar-refractivity contribution < 1.29 is 39.6 Å². The molecule has 4 aromatic carbocycles. The van der Waals surface area contributed by atoms with Gasteiger partial charge in [-0.3, -0.25) is 9.59 Å². The molecule has 6 N–H and O–H groups in total. The highest BCUT2D eigenvalue weighted by Crippen LogP contribution is 2.34. The van der Waals surface area contributed by atoms with Crippen molar-refractivity contribution in [3.63, 3.8) is 0 Å². The molecule has 0 bridgehead atoms. The Morgan fingerprint density at radius 2 is 0.789 bits per heavy atom. The highest BCUT2D eigenvalue weighted by Gasteiger charge is 2.14. The van der Waals surface area contributed by atoms with E-state index in [1.165, 1.54) is 72.8 Å². The molecule has 2 amide bonds. The molecule has 0 radical (unpaired) electrons. The second-order valence-corrected chi connectivity index (χ2v) is 8.14. The number of carboxylic acids is 2. The van der Waals surface area contributed by atoms with Crippen LogP contribution in [0.25, 0.3) is 11.1 Å². The van der Waals surface area contributed by atoms with E-state index >= 15 is 0 Å². The average molecular weight is 512 g/mol. The number of amides is 2. The second kappa shape index (κ2) is 10.5. The standard InChI is InChI=1S/C28H20N2O8/c31-23-13-19(9-11-21(23)29-25(33)15-1-5-17(6-2-15)27(35)36)20-10-12-22(24(32)14-20)30-26(34)16-3-7-18(8-4-16)28(37)38/h1-14,31-32H,(H,29,33)(H,30,34)(H,35,36)(H,37,38). The molecule has 0 aromatic heterocycles. The molecule has 0 saturated carbocycles. The van der Waals surface area contributed by atoms with Gasteiger partial charge in [0.05, 0.1) is 22.5 Å². The number of phenolic OH excluding ortho intramolecular Hbond substituents is 2. The predicted molar refractivity (Wildman–Crippen MR) is 138 cm³/mol. The topological polar surface area (TPSA) is 173 Å². The fourth-order valence-electron chi connectivity index (χ4n) is 3.55. The first kappa shape index (κ1) is 25.5. The summed E-state index contributed by atoms with van der Waals surface area (Å²) < 4.78 is 0. The van der Waals surface area contributed by atoms with Crippen LogP contribution in [0.3, 0.4) is 0 Å². The Labute approximate surface area is 215 Å². The number of carbonyl (C=O) groups is 4. The third kappa shape index (κ3) is 5.60. The molecule has 38 heavy (non-hydrogen) atoms. The van der Waals surface area contributed by atoms with Gasteiger partial charge in [-0.2, -0.15) is 0 Å². The van der Waals surface area contributed by atoms with Gasteiger partial charge >= 0.3 is 11.9 Å². The Kier molecular flexibility index (Phi) is 7.06. The van der Waals surface area contributed by atoms with Crippen molar-refractivity contribution in [3.05, 3.63) is 107 Å². The van der Waals surface area contributed by atoms with Crippen LogP contribution in [-0.2, 0) is 0 Å². The van der Waals surface area contributed by atoms with E-state index in [1.54, 1.807) is 12.1 Å². The van der Waals surface area contributed by atoms with Crippen LogP contribution in [0.4, 0.5) is 11.4 Å². The van der Waals surface area contributed by atoms with Crippen molar-refractivity contribution in [2.45, 2.75) is 0 Å². The lowest BCUT2D eigenvalue weighted by Crippen LogP contribution is -2.12. The number of aromatic carboxylic acids is 2. The zero-order valence-electron chi connectivity index (χ0n) is 19.5. The smallest absolute Gasteiger partial charge is 0.335 e. The summed E-state index contributed by atoms with van der Waals surface area (Å²) in [6, 6.07) is 19.6. The highest BCUT2D eigenvalue weighted by molar-refractivity contribution is 6.06. The van der Waals surface area contributed by atoms with Crippen LogP contribution in [0.5, 0.6) is 11.5 Å². The molecule has 0 atom stereocenters. The monoisotopic (exact) mass is 512 g/mol. The molecule has 0 aliphatic carbocycles. The predicted octanol–water partition coefficient (Wildman–Crippen LogP) is 4.67. The van der Waals surface area contributed by atoms with Crippen LogP contribution in [0.1, 0.15) is 41.4 Å². The van der Waals surface area contributed by atoms with E-state index in [2.05, 4.69) is 10.6 Å². The largest absolute Gasteiger partial charge is 0.506 e. The maximum atomic E-state index is 12.5. The molecule has 4 rings (SSSR count). The molecular weight excluding hydrogens is 492 g/mol. The van der Waals surface area contributed by atoms with Crippen molar-refractivity contribution in [1.29, 1.82) is 0 Å². The SMILES string of the molecule is O=C(O)c1ccc(C(=O)Nc2ccc(-c3ccc(NC(=O)c4ccc(C(=O)O)cc4)c(O)c3)cc2O)cc1. The molecular formula is C28H20N2O8. The fourth-order valence-corrected chi connectivity index (χ4v) is 3.55. The fraction of sp³-hybridized carbons (Fsp3) is 0. The van der Waals surface area contributed by atoms with E-state index in [4.69, 9.17) is 10.2 Å². The van der Waals surface area contributed by atoms with Crippen molar-refractivity contribution in [2.75, 3.05) is 10.6 Å². The minimum Gasteiger partial charge on any atom is -0.506 e. The molecule has 0 heterocycles. The first-order chi connectivity index (χ1) is 18.1. The normalized spacial score (nSPS) is 10.4. The summed E-state index contributed by atoms with van der Waals surface area (Å²) in [6.07, 6.45) is 0. The lowest BCUT2D eigenvalue weighted by molar-refractivity contribution is 0.0686. The number of carboxylic acid groups (broad SMARTS) is 2. The zero-order chi connectivity index (χ0) is 27.4. The number of nitrogens with one attached hydrogen (secondary N) is 2. The minimum absolute atomic E-state index is 0.0389. The molecule has 0 fully saturated rings. The lowest BCUT2D eigenvalue weighted by Gasteiger charge is -2.12. The number of hydrogen-bond acceptors (Lipinski definition) is 6. The van der Waals surface area contributed by atoms with Gasteiger partial charge in [0, 0.05) is 11.1 Å². The lowest BCUT2D eigenvalue weighted by atomic mass is 10.0. The summed E-state index contributed by atoms with van der Waals surface area (Å²) >= 11 is 0. The summed E-state index contributed by atoms with van der Waals surface area (Å²) in [4.78, 5) is 46.8. The molecule has 0 unspecified atom stereocenters. The molecule has 4 aromatic rings. The summed E-state index contributed by atoms with van der Waals surface area (Å²) in [5.74, 6) is -3.78. The molecule has 0 spiro atoms. The Balaban J connectivity index is 1.46. The summed E-state index contributed by atoms with van der Waals surface area (Å²) in [6.45, 7) is 0. The number of phenols is 2. The second-order valence-electron chi connectivity index (χ2n) is 8.14. The van der Waals surface area contributed by atoms with Crippen molar-refractivity contribution in [2.24, 2.45) is 0 Å². The van der Waals surface area contributed by atoms with Gasteiger partial charge in [0.25, 0.3) is 11.8 Å². The number of hydrogen-bond donors (Lipinski definition) is 6. The quantitative estimate of drug-likeness (QED) is 0.194. The van der Waals surface area contributed by atoms with Gasteiger partial charge in [-0.15, -0.1) is 0 Å². The number of aromatic hydroxyl groups is 2. The van der Waals surface area contributed by atoms with E-state index in [-0.39, 0.29) is 45.1 Å². The third-order valence-corrected chi connectivity index (χ3v) is 5.61. The van der Waals surface area contributed by atoms with Gasteiger partial charge in [-0.25, -0.2) is 9.59 Å². The van der Waals surface area contributed by atoms with Crippen LogP contribution < -0.4 is 10.6 Å². The van der Waals surface area contributed by atoms with Gasteiger partial charge in [0.1, 0.15) is 11.5 Å². The maximum Gasteiger partial charge on any atom is 0.335 e. The number of carbonyl (C=O) groups excluding carboxylic acids is 2. The van der Waals surface area contributed by atoms with Gasteiger partial charge in [0.2, 0.25) is 0 Å². The van der Waals surface area contributed by atoms with Crippen LogP contribution in [-0.4, -0.2) is 44.2 Å². The molecule has 190 valence electrons. The Morgan fingerprint density at radius 3 is 1.08 bits per heavy atom. The summed E-state index contributed by atoms with van der Waals surface area (Å²) in [7, 11) is 0. The van der Waals surface area contributed by atoms with Gasteiger partial charge in [0.15, 0.2) is 0 Å². The summed E-state index contributed by atoms with van der Waals surface area (Å²) in [5, 5.41) is 43.9. The van der Waals surface area contributed by atoms with Crippen LogP contribution in [0.15, 0.2) is 84.9 Å². The Bertz CT molecular complexity index is 1440. The highest BCUT2D eigenvalue weighted by atomic mass is 16.4. The zero-order valence-corrected chi connectivity index (χ0v) is 19.5. The molecule has 0 saturated heterocycles. The van der Waals surface area contributed by atoms with Crippen LogP contribution in [0, 0.1) is 0 Å². The first-order valence-electron chi connectivity index (χ1n) is 11.1. The van der Waals surface area contributed by atoms with Crippen LogP contribution >= 0.6 is 0 Å². The number of benzene rings is 4. The van der Waals surface area contributed by atoms with Crippen LogP contribution in [0.2, 0.25) is 0 Å². The number of anilines is 2. The molecule has 0 aliphatic rings. The molecule has 0 aliphatic heterocycles. The van der Waals surface area contributed by atoms with Crippen molar-refractivity contribution >= 4 is 35.1 Å². The van der Waals surface area contributed by atoms with E-state index in [0.29, 0.717) is 11.1 Å². The number of rotatable bonds is 7. The van der Waals surface area contributed by atoms with Gasteiger partial charge in [-0.1, -0.05) is 12.1 Å². The van der Waals surface area contributed by atoms with E-state index in [1.807, 2.05) is 0 Å². The molecule has 10 nitrogen and oxygen atoms in total.